The molecular formula is C21H18N6O2. The number of fused-ring (bicyclic) bond motifs is 1. The van der Waals surface area contributed by atoms with Crippen molar-refractivity contribution in [2.75, 3.05) is 37.8 Å². The Bertz CT molecular complexity index is 1130. The van der Waals surface area contributed by atoms with Gasteiger partial charge in [-0.2, -0.15) is 20.5 Å². The molecule has 0 atom stereocenters. The number of nitrogens with zero attached hydrogens (tertiary/aromatic N) is 6. The molecule has 3 aromatic rings. The molecule has 144 valence electrons. The molecule has 4 rings (SSSR count). The van der Waals surface area contributed by atoms with E-state index in [1.807, 2.05) is 48.2 Å². The van der Waals surface area contributed by atoms with Crippen molar-refractivity contribution in [3.05, 3.63) is 41.7 Å². The largest absolute Gasteiger partial charge is 0.477 e. The summed E-state index contributed by atoms with van der Waals surface area (Å²) in [5.41, 5.74) is 2.15. The summed E-state index contributed by atoms with van der Waals surface area (Å²) >= 11 is 0. The Morgan fingerprint density at radius 2 is 1.83 bits per heavy atom. The summed E-state index contributed by atoms with van der Waals surface area (Å²) < 4.78 is 11.1. The quantitative estimate of drug-likeness (QED) is 0.673. The van der Waals surface area contributed by atoms with Gasteiger partial charge in [0, 0.05) is 18.7 Å². The topological polar surface area (TPSA) is 108 Å². The molecular weight excluding hydrogens is 368 g/mol. The molecule has 2 aromatic heterocycles. The van der Waals surface area contributed by atoms with Crippen molar-refractivity contribution in [2.24, 2.45) is 0 Å². The molecule has 0 saturated carbocycles. The SMILES string of the molecule is CCOc1nc2nc(C#N)nc(N3CCOCC3)c2c(-c2ccccc2)c1C#N. The van der Waals surface area contributed by atoms with E-state index < -0.39 is 0 Å². The number of benzene rings is 1. The highest BCUT2D eigenvalue weighted by Crippen LogP contribution is 2.39. The predicted molar refractivity (Wildman–Crippen MR) is 106 cm³/mol. The second kappa shape index (κ2) is 8.09. The highest BCUT2D eigenvalue weighted by atomic mass is 16.5. The van der Waals surface area contributed by atoms with Gasteiger partial charge in [-0.3, -0.25) is 0 Å². The second-order valence-corrected chi connectivity index (χ2v) is 6.36. The summed E-state index contributed by atoms with van der Waals surface area (Å²) in [4.78, 5) is 15.3. The first-order chi connectivity index (χ1) is 14.3. The van der Waals surface area contributed by atoms with E-state index >= 15 is 0 Å². The Balaban J connectivity index is 2.12. The third-order valence-electron chi connectivity index (χ3n) is 4.66. The van der Waals surface area contributed by atoms with Gasteiger partial charge in [0.1, 0.15) is 23.5 Å². The number of hydrogen-bond donors (Lipinski definition) is 0. The standard InChI is InChI=1S/C21H18N6O2/c1-2-29-21-15(12-22)17(14-6-4-3-5-7-14)18-19(26-21)24-16(13-23)25-20(18)27-8-10-28-11-9-27/h3-7H,2,8-11H2,1H3. The average molecular weight is 386 g/mol. The van der Waals surface area contributed by atoms with Gasteiger partial charge in [0.05, 0.1) is 25.2 Å². The number of ether oxygens (including phenoxy) is 2. The number of pyridine rings is 1. The minimum atomic E-state index is 0.0256. The molecule has 0 aliphatic carbocycles. The van der Waals surface area contributed by atoms with Crippen LogP contribution in [0.1, 0.15) is 18.3 Å². The third-order valence-corrected chi connectivity index (χ3v) is 4.66. The maximum absolute atomic E-state index is 9.95. The molecule has 0 spiro atoms. The van der Waals surface area contributed by atoms with E-state index in [4.69, 9.17) is 9.47 Å². The summed E-state index contributed by atoms with van der Waals surface area (Å²) in [6.07, 6.45) is 0. The molecule has 0 amide bonds. The van der Waals surface area contributed by atoms with Gasteiger partial charge < -0.3 is 14.4 Å². The van der Waals surface area contributed by atoms with Crippen LogP contribution in [0, 0.1) is 22.7 Å². The number of morpholine rings is 1. The smallest absolute Gasteiger partial charge is 0.236 e. The van der Waals surface area contributed by atoms with E-state index in [-0.39, 0.29) is 11.7 Å². The van der Waals surface area contributed by atoms with Gasteiger partial charge in [0.2, 0.25) is 11.7 Å². The van der Waals surface area contributed by atoms with Crippen LogP contribution in [-0.4, -0.2) is 47.9 Å². The van der Waals surface area contributed by atoms with Crippen molar-refractivity contribution in [3.8, 4) is 29.1 Å². The van der Waals surface area contributed by atoms with Gasteiger partial charge in [-0.15, -0.1) is 0 Å². The maximum Gasteiger partial charge on any atom is 0.236 e. The van der Waals surface area contributed by atoms with Crippen molar-refractivity contribution in [1.29, 1.82) is 10.5 Å². The van der Waals surface area contributed by atoms with Gasteiger partial charge in [0.15, 0.2) is 5.65 Å². The lowest BCUT2D eigenvalue weighted by molar-refractivity contribution is 0.122. The van der Waals surface area contributed by atoms with Gasteiger partial charge >= 0.3 is 0 Å². The van der Waals surface area contributed by atoms with Gasteiger partial charge in [-0.25, -0.2) is 4.98 Å². The number of rotatable bonds is 4. The van der Waals surface area contributed by atoms with Crippen molar-refractivity contribution in [1.82, 2.24) is 15.0 Å². The molecule has 0 N–H and O–H groups in total. The molecule has 3 heterocycles. The van der Waals surface area contributed by atoms with Crippen molar-refractivity contribution >= 4 is 16.9 Å². The Hall–Kier alpha value is -3.75. The van der Waals surface area contributed by atoms with Crippen LogP contribution >= 0.6 is 0 Å². The molecule has 1 aliphatic rings. The lowest BCUT2D eigenvalue weighted by Crippen LogP contribution is -2.37. The molecule has 1 aliphatic heterocycles. The summed E-state index contributed by atoms with van der Waals surface area (Å²) in [7, 11) is 0. The lowest BCUT2D eigenvalue weighted by atomic mass is 9.97. The minimum absolute atomic E-state index is 0.0256. The van der Waals surface area contributed by atoms with Gasteiger partial charge in [-0.05, 0) is 12.5 Å². The molecule has 0 radical (unpaired) electrons. The predicted octanol–water partition coefficient (Wildman–Crippen LogP) is 2.67. The van der Waals surface area contributed by atoms with E-state index in [0.29, 0.717) is 60.9 Å². The second-order valence-electron chi connectivity index (χ2n) is 6.36. The monoisotopic (exact) mass is 386 g/mol. The third kappa shape index (κ3) is 3.42. The van der Waals surface area contributed by atoms with Gasteiger partial charge in [0.25, 0.3) is 0 Å². The fourth-order valence-electron chi connectivity index (χ4n) is 3.42. The van der Waals surface area contributed by atoms with E-state index in [9.17, 15) is 10.5 Å². The number of aromatic nitrogens is 3. The maximum atomic E-state index is 9.95. The van der Waals surface area contributed by atoms with Crippen LogP contribution in [0.3, 0.4) is 0 Å². The van der Waals surface area contributed by atoms with Crippen LogP contribution in [0.2, 0.25) is 0 Å². The highest BCUT2D eigenvalue weighted by molar-refractivity contribution is 6.03. The zero-order valence-electron chi connectivity index (χ0n) is 15.9. The van der Waals surface area contributed by atoms with E-state index in [1.165, 1.54) is 0 Å². The molecule has 8 heteroatoms. The number of anilines is 1. The van der Waals surface area contributed by atoms with Crippen LogP contribution in [0.5, 0.6) is 5.88 Å². The van der Waals surface area contributed by atoms with E-state index in [0.717, 1.165) is 5.56 Å². The average Bonchev–Trinajstić information content (AvgIpc) is 2.78. The van der Waals surface area contributed by atoms with E-state index in [2.05, 4.69) is 21.0 Å². The fraction of sp³-hybridized carbons (Fsp3) is 0.286. The Morgan fingerprint density at radius 1 is 1.07 bits per heavy atom. The molecule has 1 saturated heterocycles. The normalized spacial score (nSPS) is 13.7. The molecule has 8 nitrogen and oxygen atoms in total. The summed E-state index contributed by atoms with van der Waals surface area (Å²) in [5.74, 6) is 0.815. The van der Waals surface area contributed by atoms with Crippen molar-refractivity contribution < 1.29 is 9.47 Å². The Labute approximate surface area is 168 Å². The van der Waals surface area contributed by atoms with Crippen LogP contribution < -0.4 is 9.64 Å². The van der Waals surface area contributed by atoms with E-state index in [1.54, 1.807) is 0 Å². The van der Waals surface area contributed by atoms with Crippen LogP contribution in [0.25, 0.3) is 22.2 Å². The van der Waals surface area contributed by atoms with Crippen LogP contribution in [-0.2, 0) is 4.74 Å². The fourth-order valence-corrected chi connectivity index (χ4v) is 3.42. The van der Waals surface area contributed by atoms with Crippen LogP contribution in [0.4, 0.5) is 5.82 Å². The van der Waals surface area contributed by atoms with Gasteiger partial charge in [-0.1, -0.05) is 30.3 Å². The molecule has 0 bridgehead atoms. The van der Waals surface area contributed by atoms with Crippen LogP contribution in [0.15, 0.2) is 30.3 Å². The lowest BCUT2D eigenvalue weighted by Gasteiger charge is -2.29. The highest BCUT2D eigenvalue weighted by Gasteiger charge is 2.25. The zero-order valence-corrected chi connectivity index (χ0v) is 15.9. The first-order valence-corrected chi connectivity index (χ1v) is 9.33. The van der Waals surface area contributed by atoms with Crippen molar-refractivity contribution in [3.63, 3.8) is 0 Å². The summed E-state index contributed by atoms with van der Waals surface area (Å²) in [6.45, 7) is 4.55. The molecule has 29 heavy (non-hydrogen) atoms. The minimum Gasteiger partial charge on any atom is -0.477 e. The summed E-state index contributed by atoms with van der Waals surface area (Å²) in [5, 5.41) is 20.0. The Morgan fingerprint density at radius 3 is 2.48 bits per heavy atom. The molecule has 1 aromatic carbocycles. The number of hydrogen-bond acceptors (Lipinski definition) is 8. The number of nitriles is 2. The summed E-state index contributed by atoms with van der Waals surface area (Å²) in [6, 6.07) is 13.8. The van der Waals surface area contributed by atoms with Crippen molar-refractivity contribution in [2.45, 2.75) is 6.92 Å². The Kier molecular flexibility index (Phi) is 5.19. The first kappa shape index (κ1) is 18.6. The molecule has 0 unspecified atom stereocenters. The zero-order chi connectivity index (χ0) is 20.2. The molecule has 1 fully saturated rings. The first-order valence-electron chi connectivity index (χ1n) is 9.33.